The first-order valence-electron chi connectivity index (χ1n) is 9.54. The number of nitrogens with zero attached hydrogens (tertiary/aromatic N) is 2. The van der Waals surface area contributed by atoms with E-state index in [1.54, 1.807) is 0 Å². The molecule has 162 valence electrons. The summed E-state index contributed by atoms with van der Waals surface area (Å²) in [6.07, 6.45) is 2.80. The van der Waals surface area contributed by atoms with Crippen molar-refractivity contribution in [2.45, 2.75) is 49.1 Å². The number of benzene rings is 1. The highest BCUT2D eigenvalue weighted by molar-refractivity contribution is 7.90. The number of sulfone groups is 1. The number of hydrogen-bond acceptors (Lipinski definition) is 5. The minimum absolute atomic E-state index is 0.133. The summed E-state index contributed by atoms with van der Waals surface area (Å²) in [6.45, 7) is 0. The van der Waals surface area contributed by atoms with Gasteiger partial charge < -0.3 is 5.32 Å². The molecule has 1 aliphatic rings. The van der Waals surface area contributed by atoms with E-state index in [1.165, 1.54) is 24.7 Å². The van der Waals surface area contributed by atoms with Crippen molar-refractivity contribution in [3.63, 3.8) is 0 Å². The molecule has 0 saturated heterocycles. The molecule has 3 rings (SSSR count). The number of rotatable bonds is 6. The molecule has 0 unspecified atom stereocenters. The predicted octanol–water partition coefficient (Wildman–Crippen LogP) is 4.20. The third kappa shape index (κ3) is 5.35. The highest BCUT2D eigenvalue weighted by atomic mass is 32.2. The van der Waals surface area contributed by atoms with Crippen LogP contribution in [-0.2, 0) is 20.8 Å². The quantitative estimate of drug-likeness (QED) is 0.726. The number of hydrogen-bond donors (Lipinski definition) is 1. The van der Waals surface area contributed by atoms with E-state index in [1.807, 2.05) is 0 Å². The van der Waals surface area contributed by atoms with Crippen molar-refractivity contribution >= 4 is 21.6 Å². The fourth-order valence-corrected chi connectivity index (χ4v) is 4.75. The molecule has 0 spiro atoms. The average Bonchev–Trinajstić information content (AvgIpc) is 3.18. The number of halogens is 3. The number of nitrogens with one attached hydrogen (secondary N) is 1. The molecule has 0 radical (unpaired) electrons. The summed E-state index contributed by atoms with van der Waals surface area (Å²) in [5.41, 5.74) is -1.12. The Morgan fingerprint density at radius 2 is 1.93 bits per heavy atom. The highest BCUT2D eigenvalue weighted by Crippen LogP contribution is 2.39. The van der Waals surface area contributed by atoms with Crippen molar-refractivity contribution in [2.75, 3.05) is 11.6 Å². The summed E-state index contributed by atoms with van der Waals surface area (Å²) in [4.78, 5) is 19.9. The second kappa shape index (κ2) is 8.71. The summed E-state index contributed by atoms with van der Waals surface area (Å²) in [5, 5.41) is 2.63. The minimum Gasteiger partial charge on any atom is -0.310 e. The highest BCUT2D eigenvalue weighted by Gasteiger charge is 2.38. The van der Waals surface area contributed by atoms with Gasteiger partial charge in [-0.25, -0.2) is 18.4 Å². The van der Waals surface area contributed by atoms with Crippen LogP contribution in [0.2, 0.25) is 0 Å². The molecule has 1 amide bonds. The lowest BCUT2D eigenvalue weighted by Crippen LogP contribution is -2.24. The van der Waals surface area contributed by atoms with Crippen LogP contribution >= 0.6 is 0 Å². The minimum atomic E-state index is -4.87. The second-order valence-corrected chi connectivity index (χ2v) is 9.53. The molecule has 1 N–H and O–H groups in total. The van der Waals surface area contributed by atoms with Gasteiger partial charge in [-0.05, 0) is 36.1 Å². The molecule has 1 heterocycles. The zero-order chi connectivity index (χ0) is 21.9. The average molecular weight is 441 g/mol. The molecule has 1 fully saturated rings. The van der Waals surface area contributed by atoms with Crippen LogP contribution in [0.1, 0.15) is 49.1 Å². The van der Waals surface area contributed by atoms with Crippen LogP contribution in [0.25, 0.3) is 0 Å². The van der Waals surface area contributed by atoms with Crippen molar-refractivity contribution in [3.05, 3.63) is 47.9 Å². The third-order valence-electron chi connectivity index (χ3n) is 5.30. The van der Waals surface area contributed by atoms with Gasteiger partial charge in [0.25, 0.3) is 0 Å². The Morgan fingerprint density at radius 3 is 2.50 bits per heavy atom. The molecule has 6 nitrogen and oxygen atoms in total. The molecule has 1 aliphatic carbocycles. The summed E-state index contributed by atoms with van der Waals surface area (Å²) in [7, 11) is -4.09. The maximum atomic E-state index is 13.6. The van der Waals surface area contributed by atoms with E-state index in [4.69, 9.17) is 0 Å². The van der Waals surface area contributed by atoms with Crippen molar-refractivity contribution in [1.82, 2.24) is 9.97 Å². The molecule has 30 heavy (non-hydrogen) atoms. The normalized spacial score (nSPS) is 16.4. The maximum Gasteiger partial charge on any atom is 0.417 e. The van der Waals surface area contributed by atoms with Crippen molar-refractivity contribution in [1.29, 1.82) is 0 Å². The molecule has 0 aliphatic heterocycles. The van der Waals surface area contributed by atoms with Gasteiger partial charge in [0.15, 0.2) is 9.84 Å². The SMILES string of the molecule is CS(=O)(=O)c1ccc([C@@H](CC2CCCC2)C(=O)Nc2ccncn2)cc1C(F)(F)F. The monoisotopic (exact) mass is 441 g/mol. The van der Waals surface area contributed by atoms with E-state index >= 15 is 0 Å². The fourth-order valence-electron chi connectivity index (χ4n) is 3.86. The maximum absolute atomic E-state index is 13.6. The second-order valence-electron chi connectivity index (χ2n) is 7.55. The first kappa shape index (κ1) is 22.2. The Hall–Kier alpha value is -2.49. The van der Waals surface area contributed by atoms with Crippen molar-refractivity contribution in [2.24, 2.45) is 5.92 Å². The number of aromatic nitrogens is 2. The number of alkyl halides is 3. The number of anilines is 1. The van der Waals surface area contributed by atoms with E-state index in [0.717, 1.165) is 44.1 Å². The van der Waals surface area contributed by atoms with Gasteiger partial charge in [-0.3, -0.25) is 4.79 Å². The van der Waals surface area contributed by atoms with Gasteiger partial charge in [0.2, 0.25) is 5.91 Å². The molecule has 10 heteroatoms. The van der Waals surface area contributed by atoms with E-state index < -0.39 is 38.3 Å². The molecule has 2 aromatic rings. The molecule has 1 aromatic heterocycles. The smallest absolute Gasteiger partial charge is 0.310 e. The van der Waals surface area contributed by atoms with Gasteiger partial charge in [-0.2, -0.15) is 13.2 Å². The Bertz CT molecular complexity index is 1000. The van der Waals surface area contributed by atoms with Gasteiger partial charge in [-0.15, -0.1) is 0 Å². The van der Waals surface area contributed by atoms with E-state index in [-0.39, 0.29) is 17.3 Å². The third-order valence-corrected chi connectivity index (χ3v) is 6.46. The van der Waals surface area contributed by atoms with Gasteiger partial charge in [0.1, 0.15) is 12.1 Å². The molecule has 1 atom stereocenters. The predicted molar refractivity (Wildman–Crippen MR) is 105 cm³/mol. The largest absolute Gasteiger partial charge is 0.417 e. The topological polar surface area (TPSA) is 89.0 Å². The number of amides is 1. The summed E-state index contributed by atoms with van der Waals surface area (Å²) in [5.74, 6) is -0.885. The Labute approximate surface area is 172 Å². The van der Waals surface area contributed by atoms with E-state index in [0.29, 0.717) is 6.42 Å². The summed E-state index contributed by atoms with van der Waals surface area (Å²) < 4.78 is 64.5. The molecule has 1 saturated carbocycles. The number of carbonyl (C=O) groups is 1. The van der Waals surface area contributed by atoms with Crippen LogP contribution in [0.4, 0.5) is 19.0 Å². The van der Waals surface area contributed by atoms with Gasteiger partial charge in [0.05, 0.1) is 16.4 Å². The van der Waals surface area contributed by atoms with E-state index in [2.05, 4.69) is 15.3 Å². The van der Waals surface area contributed by atoms with Gasteiger partial charge in [-0.1, -0.05) is 31.7 Å². The Kier molecular flexibility index (Phi) is 6.44. The Balaban J connectivity index is 2.00. The standard InChI is InChI=1S/C20H22F3N3O3S/c1-30(28,29)17-7-6-14(11-16(17)20(21,22)23)15(10-13-4-2-3-5-13)19(27)26-18-8-9-24-12-25-18/h6-9,11-13,15H,2-5,10H2,1H3,(H,24,25,26,27)/t15-/m1/s1. The van der Waals surface area contributed by atoms with Crippen LogP contribution in [0, 0.1) is 5.92 Å². The summed E-state index contributed by atoms with van der Waals surface area (Å²) in [6, 6.07) is 4.51. The van der Waals surface area contributed by atoms with E-state index in [9.17, 15) is 26.4 Å². The van der Waals surface area contributed by atoms with Crippen LogP contribution in [0.15, 0.2) is 41.7 Å². The first-order valence-corrected chi connectivity index (χ1v) is 11.4. The van der Waals surface area contributed by atoms with Crippen molar-refractivity contribution in [3.8, 4) is 0 Å². The lowest BCUT2D eigenvalue weighted by molar-refractivity contribution is -0.140. The van der Waals surface area contributed by atoms with Crippen LogP contribution in [-0.4, -0.2) is 30.5 Å². The first-order chi connectivity index (χ1) is 14.1. The molecule has 0 bridgehead atoms. The fraction of sp³-hybridized carbons (Fsp3) is 0.450. The van der Waals surface area contributed by atoms with Crippen molar-refractivity contribution < 1.29 is 26.4 Å². The van der Waals surface area contributed by atoms with Crippen LogP contribution < -0.4 is 5.32 Å². The molecular formula is C20H22F3N3O3S. The molecular weight excluding hydrogens is 419 g/mol. The van der Waals surface area contributed by atoms with Gasteiger partial charge >= 0.3 is 6.18 Å². The lowest BCUT2D eigenvalue weighted by Gasteiger charge is -2.22. The zero-order valence-electron chi connectivity index (χ0n) is 16.3. The number of carbonyl (C=O) groups excluding carboxylic acids is 1. The van der Waals surface area contributed by atoms with Crippen LogP contribution in [0.3, 0.4) is 0 Å². The van der Waals surface area contributed by atoms with Gasteiger partial charge in [0, 0.05) is 12.5 Å². The van der Waals surface area contributed by atoms with Crippen LogP contribution in [0.5, 0.6) is 0 Å². The Morgan fingerprint density at radius 1 is 1.23 bits per heavy atom. The molecule has 1 aromatic carbocycles. The summed E-state index contributed by atoms with van der Waals surface area (Å²) >= 11 is 0. The zero-order valence-corrected chi connectivity index (χ0v) is 17.1. The lowest BCUT2D eigenvalue weighted by atomic mass is 9.86.